The second-order valence-corrected chi connectivity index (χ2v) is 6.20. The topological polar surface area (TPSA) is 37.6 Å². The highest BCUT2D eigenvalue weighted by atomic mass is 32.1. The van der Waals surface area contributed by atoms with Gasteiger partial charge in [0.2, 0.25) is 0 Å². The second kappa shape index (κ2) is 5.37. The molecule has 0 spiro atoms. The number of azo groups is 1. The first kappa shape index (κ1) is 13.9. The average molecular weight is 295 g/mol. The van der Waals surface area contributed by atoms with Crippen LogP contribution in [0.4, 0.5) is 5.69 Å². The van der Waals surface area contributed by atoms with E-state index in [1.54, 1.807) is 18.4 Å². The molecule has 0 saturated heterocycles. The highest BCUT2D eigenvalue weighted by molar-refractivity contribution is 7.21. The number of aryl methyl sites for hydroxylation is 1. The Balaban J connectivity index is 2.16. The van der Waals surface area contributed by atoms with E-state index in [0.717, 1.165) is 21.8 Å². The third kappa shape index (κ3) is 2.47. The Morgan fingerprint density at radius 3 is 2.57 bits per heavy atom. The van der Waals surface area contributed by atoms with Crippen molar-refractivity contribution < 1.29 is 0 Å². The minimum atomic E-state index is 0.927. The van der Waals surface area contributed by atoms with Crippen LogP contribution in [0, 0.1) is 20.8 Å². The Kier molecular flexibility index (Phi) is 3.55. The van der Waals surface area contributed by atoms with Crippen LogP contribution in [0.5, 0.6) is 0 Å². The Morgan fingerprint density at radius 2 is 1.81 bits per heavy atom. The molecule has 3 rings (SSSR count). The lowest BCUT2D eigenvalue weighted by molar-refractivity contribution is 1.14. The van der Waals surface area contributed by atoms with Crippen molar-refractivity contribution >= 4 is 27.2 Å². The van der Waals surface area contributed by atoms with E-state index in [4.69, 9.17) is 4.98 Å². The summed E-state index contributed by atoms with van der Waals surface area (Å²) in [6.07, 6.45) is 0. The van der Waals surface area contributed by atoms with Crippen molar-refractivity contribution in [3.63, 3.8) is 0 Å². The van der Waals surface area contributed by atoms with Gasteiger partial charge in [0.1, 0.15) is 5.01 Å². The standard InChI is InChI=1S/C17H17N3S/c1-10-5-7-15-16(9-10)21-17(19-15)13-6-8-14(20-18-4)12(3)11(13)2/h5-9H,1-4H3. The second-order valence-electron chi connectivity index (χ2n) is 5.17. The highest BCUT2D eigenvalue weighted by Crippen LogP contribution is 2.36. The Hall–Kier alpha value is -2.07. The lowest BCUT2D eigenvalue weighted by Gasteiger charge is -2.08. The number of nitrogens with zero attached hydrogens (tertiary/aromatic N) is 3. The fourth-order valence-corrected chi connectivity index (χ4v) is 3.55. The smallest absolute Gasteiger partial charge is 0.124 e. The molecule has 0 unspecified atom stereocenters. The Morgan fingerprint density at radius 1 is 1.00 bits per heavy atom. The van der Waals surface area contributed by atoms with Crippen molar-refractivity contribution in [3.8, 4) is 10.6 Å². The number of benzene rings is 2. The van der Waals surface area contributed by atoms with Crippen molar-refractivity contribution in [2.45, 2.75) is 20.8 Å². The third-order valence-corrected chi connectivity index (χ3v) is 4.79. The molecule has 0 amide bonds. The highest BCUT2D eigenvalue weighted by Gasteiger charge is 2.12. The Labute approximate surface area is 128 Å². The summed E-state index contributed by atoms with van der Waals surface area (Å²) >= 11 is 1.74. The van der Waals surface area contributed by atoms with E-state index >= 15 is 0 Å². The fraction of sp³-hybridized carbons (Fsp3) is 0.235. The Bertz CT molecular complexity index is 847. The SMILES string of the molecule is CN=Nc1ccc(-c2nc3ccc(C)cc3s2)c(C)c1C. The molecule has 0 atom stereocenters. The van der Waals surface area contributed by atoms with Gasteiger partial charge in [0.05, 0.1) is 15.9 Å². The molecule has 3 nitrogen and oxygen atoms in total. The van der Waals surface area contributed by atoms with Gasteiger partial charge in [0, 0.05) is 12.6 Å². The van der Waals surface area contributed by atoms with Gasteiger partial charge in [0.15, 0.2) is 0 Å². The summed E-state index contributed by atoms with van der Waals surface area (Å²) in [6, 6.07) is 10.5. The molecule has 0 aliphatic rings. The summed E-state index contributed by atoms with van der Waals surface area (Å²) in [5.74, 6) is 0. The van der Waals surface area contributed by atoms with Gasteiger partial charge in [-0.2, -0.15) is 10.2 Å². The van der Waals surface area contributed by atoms with E-state index in [2.05, 4.69) is 55.3 Å². The van der Waals surface area contributed by atoms with Crippen LogP contribution in [0.2, 0.25) is 0 Å². The van der Waals surface area contributed by atoms with Crippen molar-refractivity contribution in [2.75, 3.05) is 7.05 Å². The van der Waals surface area contributed by atoms with Crippen LogP contribution in [0.15, 0.2) is 40.6 Å². The first-order valence-corrected chi connectivity index (χ1v) is 7.69. The minimum Gasteiger partial charge on any atom is -0.236 e. The van der Waals surface area contributed by atoms with Crippen molar-refractivity contribution in [3.05, 3.63) is 47.0 Å². The fourth-order valence-electron chi connectivity index (χ4n) is 2.40. The van der Waals surface area contributed by atoms with Crippen LogP contribution in [0.3, 0.4) is 0 Å². The number of rotatable bonds is 2. The van der Waals surface area contributed by atoms with Gasteiger partial charge >= 0.3 is 0 Å². The number of fused-ring (bicyclic) bond motifs is 1. The maximum atomic E-state index is 4.77. The molecule has 0 fully saturated rings. The maximum Gasteiger partial charge on any atom is 0.124 e. The quantitative estimate of drug-likeness (QED) is 0.567. The molecule has 3 aromatic rings. The lowest BCUT2D eigenvalue weighted by atomic mass is 10.0. The molecule has 0 N–H and O–H groups in total. The first-order chi connectivity index (χ1) is 10.1. The van der Waals surface area contributed by atoms with Gasteiger partial charge in [-0.3, -0.25) is 0 Å². The van der Waals surface area contributed by atoms with E-state index < -0.39 is 0 Å². The van der Waals surface area contributed by atoms with E-state index in [-0.39, 0.29) is 0 Å². The molecule has 1 heterocycles. The van der Waals surface area contributed by atoms with Crippen LogP contribution >= 0.6 is 11.3 Å². The van der Waals surface area contributed by atoms with Crippen LogP contribution in [-0.4, -0.2) is 12.0 Å². The molecule has 0 bridgehead atoms. The van der Waals surface area contributed by atoms with Crippen LogP contribution in [0.1, 0.15) is 16.7 Å². The van der Waals surface area contributed by atoms with E-state index in [1.165, 1.54) is 21.4 Å². The molecule has 0 saturated carbocycles. The summed E-state index contributed by atoms with van der Waals surface area (Å²) < 4.78 is 1.24. The molecule has 0 aliphatic carbocycles. The summed E-state index contributed by atoms with van der Waals surface area (Å²) in [6.45, 7) is 6.32. The van der Waals surface area contributed by atoms with Gasteiger partial charge in [-0.05, 0) is 61.7 Å². The monoisotopic (exact) mass is 295 g/mol. The van der Waals surface area contributed by atoms with Crippen LogP contribution in [0.25, 0.3) is 20.8 Å². The van der Waals surface area contributed by atoms with Crippen molar-refractivity contribution in [1.29, 1.82) is 0 Å². The molecular weight excluding hydrogens is 278 g/mol. The molecule has 1 aromatic heterocycles. The van der Waals surface area contributed by atoms with Gasteiger partial charge in [0.25, 0.3) is 0 Å². The molecule has 0 radical (unpaired) electrons. The van der Waals surface area contributed by atoms with E-state index in [0.29, 0.717) is 0 Å². The third-order valence-electron chi connectivity index (χ3n) is 3.74. The first-order valence-electron chi connectivity index (χ1n) is 6.87. The zero-order chi connectivity index (χ0) is 15.0. The van der Waals surface area contributed by atoms with Crippen LogP contribution in [-0.2, 0) is 0 Å². The summed E-state index contributed by atoms with van der Waals surface area (Å²) in [4.78, 5) is 4.77. The molecule has 0 aliphatic heterocycles. The molecular formula is C17H17N3S. The number of hydrogen-bond acceptors (Lipinski definition) is 4. The molecule has 4 heteroatoms. The molecule has 2 aromatic carbocycles. The molecule has 106 valence electrons. The predicted molar refractivity (Wildman–Crippen MR) is 89.7 cm³/mol. The van der Waals surface area contributed by atoms with Gasteiger partial charge in [-0.1, -0.05) is 6.07 Å². The zero-order valence-electron chi connectivity index (χ0n) is 12.6. The predicted octanol–water partition coefficient (Wildman–Crippen LogP) is 5.60. The van der Waals surface area contributed by atoms with Crippen molar-refractivity contribution in [2.24, 2.45) is 10.2 Å². The summed E-state index contributed by atoms with van der Waals surface area (Å²) in [7, 11) is 1.69. The van der Waals surface area contributed by atoms with Gasteiger partial charge < -0.3 is 0 Å². The summed E-state index contributed by atoms with van der Waals surface area (Å²) in [5.41, 5.74) is 6.82. The number of hydrogen-bond donors (Lipinski definition) is 0. The normalized spacial score (nSPS) is 11.6. The largest absolute Gasteiger partial charge is 0.236 e. The van der Waals surface area contributed by atoms with Gasteiger partial charge in [-0.15, -0.1) is 11.3 Å². The number of thiazole rings is 1. The van der Waals surface area contributed by atoms with E-state index in [1.807, 2.05) is 6.07 Å². The van der Waals surface area contributed by atoms with Crippen LogP contribution < -0.4 is 0 Å². The zero-order valence-corrected chi connectivity index (χ0v) is 13.5. The lowest BCUT2D eigenvalue weighted by Crippen LogP contribution is -1.87. The maximum absolute atomic E-state index is 4.77. The number of aromatic nitrogens is 1. The van der Waals surface area contributed by atoms with Gasteiger partial charge in [-0.25, -0.2) is 4.98 Å². The minimum absolute atomic E-state index is 0.927. The summed E-state index contributed by atoms with van der Waals surface area (Å²) in [5, 5.41) is 9.10. The van der Waals surface area contributed by atoms with E-state index in [9.17, 15) is 0 Å². The average Bonchev–Trinajstić information content (AvgIpc) is 2.87. The van der Waals surface area contributed by atoms with Crippen molar-refractivity contribution in [1.82, 2.24) is 4.98 Å². The molecule has 21 heavy (non-hydrogen) atoms.